The van der Waals surface area contributed by atoms with Crippen molar-refractivity contribution in [3.63, 3.8) is 0 Å². The SMILES string of the molecule is COc1ccc2c(C)c(CCC(=O)NCc3nnc4ccc(C(F)(F)F)cn34)c(=O)oc2c1. The molecule has 1 aromatic carbocycles. The van der Waals surface area contributed by atoms with Crippen LogP contribution in [0.2, 0.25) is 0 Å². The van der Waals surface area contributed by atoms with Gasteiger partial charge in [0.25, 0.3) is 0 Å². The Morgan fingerprint density at radius 3 is 2.73 bits per heavy atom. The summed E-state index contributed by atoms with van der Waals surface area (Å²) in [6.45, 7) is 1.66. The van der Waals surface area contributed by atoms with Crippen LogP contribution in [0, 0.1) is 6.92 Å². The molecule has 0 bridgehead atoms. The lowest BCUT2D eigenvalue weighted by Crippen LogP contribution is -2.25. The zero-order valence-electron chi connectivity index (χ0n) is 17.7. The maximum atomic E-state index is 13.0. The summed E-state index contributed by atoms with van der Waals surface area (Å²) in [6.07, 6.45) is -3.50. The predicted octanol–water partition coefficient (Wildman–Crippen LogP) is 3.42. The molecule has 0 saturated carbocycles. The van der Waals surface area contributed by atoms with Gasteiger partial charge in [0.2, 0.25) is 5.91 Å². The van der Waals surface area contributed by atoms with Crippen LogP contribution < -0.4 is 15.7 Å². The number of alkyl halides is 3. The Hall–Kier alpha value is -3.89. The van der Waals surface area contributed by atoms with E-state index in [9.17, 15) is 22.8 Å². The molecule has 0 unspecified atom stereocenters. The predicted molar refractivity (Wildman–Crippen MR) is 112 cm³/mol. The fourth-order valence-corrected chi connectivity index (χ4v) is 3.52. The molecule has 0 fully saturated rings. The summed E-state index contributed by atoms with van der Waals surface area (Å²) in [5.41, 5.74) is 0.323. The van der Waals surface area contributed by atoms with E-state index >= 15 is 0 Å². The number of fused-ring (bicyclic) bond motifs is 2. The normalized spacial score (nSPS) is 11.8. The fraction of sp³-hybridized carbons (Fsp3) is 0.273. The molecule has 0 aliphatic carbocycles. The fourth-order valence-electron chi connectivity index (χ4n) is 3.52. The van der Waals surface area contributed by atoms with Crippen LogP contribution in [0.15, 0.2) is 45.7 Å². The average molecular weight is 460 g/mol. The Bertz CT molecular complexity index is 1410. The summed E-state index contributed by atoms with van der Waals surface area (Å²) >= 11 is 0. The Morgan fingerprint density at radius 1 is 1.21 bits per heavy atom. The first-order valence-corrected chi connectivity index (χ1v) is 9.95. The molecule has 1 amide bonds. The number of nitrogens with zero attached hydrogens (tertiary/aromatic N) is 3. The molecule has 4 rings (SSSR count). The van der Waals surface area contributed by atoms with Crippen molar-refractivity contribution in [1.29, 1.82) is 0 Å². The second-order valence-electron chi connectivity index (χ2n) is 7.39. The van der Waals surface area contributed by atoms with Gasteiger partial charge >= 0.3 is 11.8 Å². The maximum absolute atomic E-state index is 13.0. The molecule has 0 aliphatic heterocycles. The molecule has 0 aliphatic rings. The summed E-state index contributed by atoms with van der Waals surface area (Å²) in [5, 5.41) is 11.0. The van der Waals surface area contributed by atoms with Crippen LogP contribution in [0.4, 0.5) is 13.2 Å². The van der Waals surface area contributed by atoms with E-state index in [1.165, 1.54) is 17.6 Å². The van der Waals surface area contributed by atoms with Gasteiger partial charge in [0.1, 0.15) is 11.3 Å². The van der Waals surface area contributed by atoms with E-state index < -0.39 is 23.3 Å². The molecule has 3 aromatic heterocycles. The lowest BCUT2D eigenvalue weighted by Gasteiger charge is -2.09. The van der Waals surface area contributed by atoms with Gasteiger partial charge in [0, 0.05) is 29.6 Å². The molecule has 0 saturated heterocycles. The molecule has 4 aromatic rings. The highest BCUT2D eigenvalue weighted by molar-refractivity contribution is 5.82. The first kappa shape index (κ1) is 22.3. The lowest BCUT2D eigenvalue weighted by atomic mass is 10.0. The smallest absolute Gasteiger partial charge is 0.417 e. The molecule has 11 heteroatoms. The zero-order chi connectivity index (χ0) is 23.8. The van der Waals surface area contributed by atoms with Gasteiger partial charge in [-0.05, 0) is 43.2 Å². The van der Waals surface area contributed by atoms with Crippen molar-refractivity contribution >= 4 is 22.5 Å². The van der Waals surface area contributed by atoms with Crippen LogP contribution in [-0.2, 0) is 23.9 Å². The number of benzene rings is 1. The van der Waals surface area contributed by atoms with Crippen LogP contribution in [-0.4, -0.2) is 27.6 Å². The van der Waals surface area contributed by atoms with Gasteiger partial charge in [0.05, 0.1) is 19.2 Å². The number of hydrogen-bond acceptors (Lipinski definition) is 6. The van der Waals surface area contributed by atoms with E-state index in [0.717, 1.165) is 17.6 Å². The van der Waals surface area contributed by atoms with Crippen LogP contribution in [0.3, 0.4) is 0 Å². The van der Waals surface area contributed by atoms with Crippen LogP contribution >= 0.6 is 0 Å². The molecule has 33 heavy (non-hydrogen) atoms. The second kappa shape index (κ2) is 8.57. The molecular weight excluding hydrogens is 441 g/mol. The van der Waals surface area contributed by atoms with E-state index in [4.69, 9.17) is 9.15 Å². The molecule has 0 radical (unpaired) electrons. The van der Waals surface area contributed by atoms with Gasteiger partial charge < -0.3 is 14.5 Å². The van der Waals surface area contributed by atoms with Crippen molar-refractivity contribution in [2.75, 3.05) is 7.11 Å². The third-order valence-corrected chi connectivity index (χ3v) is 5.34. The quantitative estimate of drug-likeness (QED) is 0.443. The Labute approximate surface area is 185 Å². The number of aryl methyl sites for hydroxylation is 1. The van der Waals surface area contributed by atoms with Gasteiger partial charge in [-0.15, -0.1) is 10.2 Å². The first-order valence-electron chi connectivity index (χ1n) is 9.95. The van der Waals surface area contributed by atoms with Gasteiger partial charge in [-0.25, -0.2) is 4.79 Å². The average Bonchev–Trinajstić information content (AvgIpc) is 3.18. The lowest BCUT2D eigenvalue weighted by molar-refractivity contribution is -0.137. The van der Waals surface area contributed by atoms with Crippen molar-refractivity contribution < 1.29 is 27.1 Å². The molecule has 0 spiro atoms. The van der Waals surface area contributed by atoms with Crippen molar-refractivity contribution in [2.24, 2.45) is 0 Å². The Balaban J connectivity index is 1.45. The van der Waals surface area contributed by atoms with Crippen molar-refractivity contribution in [2.45, 2.75) is 32.5 Å². The van der Waals surface area contributed by atoms with Gasteiger partial charge in [-0.2, -0.15) is 13.2 Å². The summed E-state index contributed by atoms with van der Waals surface area (Å²) < 4.78 is 50.6. The number of methoxy groups -OCH3 is 1. The van der Waals surface area contributed by atoms with Gasteiger partial charge in [0.15, 0.2) is 11.5 Å². The highest BCUT2D eigenvalue weighted by Gasteiger charge is 2.31. The van der Waals surface area contributed by atoms with E-state index in [1.54, 1.807) is 25.1 Å². The molecule has 0 atom stereocenters. The van der Waals surface area contributed by atoms with Crippen molar-refractivity contribution in [3.8, 4) is 5.75 Å². The van der Waals surface area contributed by atoms with Crippen molar-refractivity contribution in [3.05, 3.63) is 69.5 Å². The summed E-state index contributed by atoms with van der Waals surface area (Å²) in [6, 6.07) is 7.27. The van der Waals surface area contributed by atoms with E-state index in [2.05, 4.69) is 15.5 Å². The van der Waals surface area contributed by atoms with Crippen LogP contribution in [0.5, 0.6) is 5.75 Å². The van der Waals surface area contributed by atoms with E-state index in [1.807, 2.05) is 0 Å². The number of carbonyl (C=O) groups is 1. The minimum atomic E-state index is -4.51. The minimum absolute atomic E-state index is 0.0161. The summed E-state index contributed by atoms with van der Waals surface area (Å²) in [5.74, 6) is 0.313. The molecule has 3 heterocycles. The summed E-state index contributed by atoms with van der Waals surface area (Å²) in [4.78, 5) is 24.8. The molecule has 172 valence electrons. The van der Waals surface area contributed by atoms with E-state index in [-0.39, 0.29) is 30.9 Å². The highest BCUT2D eigenvalue weighted by atomic mass is 19.4. The summed E-state index contributed by atoms with van der Waals surface area (Å²) in [7, 11) is 1.51. The topological polar surface area (TPSA) is 98.7 Å². The number of nitrogens with one attached hydrogen (secondary N) is 1. The number of carbonyl (C=O) groups excluding carboxylic acids is 1. The van der Waals surface area contributed by atoms with Gasteiger partial charge in [-0.1, -0.05) is 0 Å². The minimum Gasteiger partial charge on any atom is -0.497 e. The number of halogens is 3. The third kappa shape index (κ3) is 4.52. The monoisotopic (exact) mass is 460 g/mol. The van der Waals surface area contributed by atoms with Gasteiger partial charge in [-0.3, -0.25) is 9.20 Å². The third-order valence-electron chi connectivity index (χ3n) is 5.34. The zero-order valence-corrected chi connectivity index (χ0v) is 17.7. The van der Waals surface area contributed by atoms with Crippen LogP contribution in [0.25, 0.3) is 16.6 Å². The standard InChI is InChI=1S/C22H19F3N4O4/c1-12-15-5-4-14(32-2)9-17(15)33-21(31)16(12)6-8-20(30)26-10-19-28-27-18-7-3-13(11-29(18)19)22(23,24)25/h3-5,7,9,11H,6,8,10H2,1-2H3,(H,26,30). The molecular formula is C22H19F3N4O4. The highest BCUT2D eigenvalue weighted by Crippen LogP contribution is 2.29. The molecule has 1 N–H and O–H groups in total. The number of aromatic nitrogens is 3. The second-order valence-corrected chi connectivity index (χ2v) is 7.39. The number of ether oxygens (including phenoxy) is 1. The van der Waals surface area contributed by atoms with E-state index in [0.29, 0.717) is 22.5 Å². The number of rotatable bonds is 6. The maximum Gasteiger partial charge on any atom is 0.417 e. The molecule has 8 nitrogen and oxygen atoms in total. The number of amides is 1. The first-order chi connectivity index (χ1) is 15.7. The number of hydrogen-bond donors (Lipinski definition) is 1. The largest absolute Gasteiger partial charge is 0.497 e. The Kier molecular flexibility index (Phi) is 5.79. The van der Waals surface area contributed by atoms with Crippen molar-refractivity contribution in [1.82, 2.24) is 19.9 Å². The van der Waals surface area contributed by atoms with Crippen LogP contribution in [0.1, 0.15) is 28.9 Å². The Morgan fingerprint density at radius 2 is 2.00 bits per heavy atom. The number of pyridine rings is 1.